The zero-order chi connectivity index (χ0) is 19.7. The van der Waals surface area contributed by atoms with Crippen LogP contribution in [0.3, 0.4) is 0 Å². The molecule has 7 nitrogen and oxygen atoms in total. The van der Waals surface area contributed by atoms with Crippen LogP contribution in [0.25, 0.3) is 0 Å². The third kappa shape index (κ3) is 6.58. The van der Waals surface area contributed by atoms with Crippen molar-refractivity contribution in [2.24, 2.45) is 0 Å². The van der Waals surface area contributed by atoms with Gasteiger partial charge in [-0.25, -0.2) is 4.79 Å². The number of methoxy groups -OCH3 is 1. The summed E-state index contributed by atoms with van der Waals surface area (Å²) in [6, 6.07) is 4.97. The highest BCUT2D eigenvalue weighted by molar-refractivity contribution is 5.97. The summed E-state index contributed by atoms with van der Waals surface area (Å²) in [6.45, 7) is 2.32. The van der Waals surface area contributed by atoms with Gasteiger partial charge >= 0.3 is 5.97 Å². The van der Waals surface area contributed by atoms with Gasteiger partial charge in [-0.15, -0.1) is 0 Å². The molecule has 7 heteroatoms. The van der Waals surface area contributed by atoms with Crippen molar-refractivity contribution in [3.8, 4) is 23.7 Å². The monoisotopic (exact) mass is 359 g/mol. The number of hydrogen-bond acceptors (Lipinski definition) is 6. The van der Waals surface area contributed by atoms with Gasteiger partial charge in [-0.05, 0) is 50.0 Å². The number of amides is 1. The zero-order valence-corrected chi connectivity index (χ0v) is 14.7. The molecular weight excluding hydrogens is 338 g/mol. The maximum atomic E-state index is 12.3. The van der Waals surface area contributed by atoms with E-state index in [2.05, 4.69) is 33.7 Å². The second-order valence-electron chi connectivity index (χ2n) is 5.88. The van der Waals surface area contributed by atoms with Crippen molar-refractivity contribution >= 4 is 11.9 Å². The summed E-state index contributed by atoms with van der Waals surface area (Å²) in [6.07, 6.45) is -1.13. The normalized spacial score (nSPS) is 12.5. The van der Waals surface area contributed by atoms with Gasteiger partial charge in [-0.3, -0.25) is 4.79 Å². The van der Waals surface area contributed by atoms with Crippen LogP contribution in [-0.4, -0.2) is 58.7 Å². The average molecular weight is 359 g/mol. The van der Waals surface area contributed by atoms with Crippen LogP contribution in [-0.2, 0) is 9.53 Å². The van der Waals surface area contributed by atoms with E-state index in [1.807, 2.05) is 0 Å². The van der Waals surface area contributed by atoms with Crippen molar-refractivity contribution in [2.45, 2.75) is 31.6 Å². The Morgan fingerprint density at radius 2 is 1.85 bits per heavy atom. The number of carbonyl (C=O) groups is 2. The van der Waals surface area contributed by atoms with E-state index >= 15 is 0 Å². The number of ether oxygens (including phenoxy) is 1. The smallest absolute Gasteiger partial charge is 0.331 e. The molecule has 0 saturated carbocycles. The molecule has 1 aromatic carbocycles. The minimum Gasteiger partial charge on any atom is -0.467 e. The summed E-state index contributed by atoms with van der Waals surface area (Å²) in [5.74, 6) is 8.67. The Labute approximate surface area is 152 Å². The Bertz CT molecular complexity index is 756. The maximum absolute atomic E-state index is 12.3. The Kier molecular flexibility index (Phi) is 7.82. The molecule has 1 aromatic rings. The van der Waals surface area contributed by atoms with Crippen LogP contribution in [0.5, 0.6) is 0 Å². The summed E-state index contributed by atoms with van der Waals surface area (Å²) >= 11 is 0. The first-order chi connectivity index (χ1) is 12.2. The van der Waals surface area contributed by atoms with E-state index in [4.69, 9.17) is 10.2 Å². The SMILES string of the molecule is COC(=O)[C@@H](NC(=O)c1ccc(C#CC#CC(O)CO)cc1)C(C)(C)O. The fourth-order valence-electron chi connectivity index (χ4n) is 1.83. The lowest BCUT2D eigenvalue weighted by Crippen LogP contribution is -2.54. The molecule has 138 valence electrons. The predicted octanol–water partition coefficient (Wildman–Crippen LogP) is -0.563. The van der Waals surface area contributed by atoms with Gasteiger partial charge < -0.3 is 25.4 Å². The standard InChI is InChI=1S/C19H21NO6/c1-19(2,25)16(18(24)26-3)20-17(23)14-10-8-13(9-11-14)6-4-5-7-15(22)12-21/h8-11,15-16,21-22,25H,12H2,1-3H3,(H,20,23)/t15?,16-/m1/s1. The molecule has 0 aliphatic heterocycles. The zero-order valence-electron chi connectivity index (χ0n) is 14.7. The maximum Gasteiger partial charge on any atom is 0.331 e. The van der Waals surface area contributed by atoms with Crippen molar-refractivity contribution in [1.29, 1.82) is 0 Å². The van der Waals surface area contributed by atoms with E-state index in [9.17, 15) is 14.7 Å². The topological polar surface area (TPSA) is 116 Å². The first-order valence-electron chi connectivity index (χ1n) is 7.70. The Morgan fingerprint density at radius 1 is 1.23 bits per heavy atom. The molecule has 0 heterocycles. The molecule has 1 unspecified atom stereocenters. The minimum atomic E-state index is -1.49. The highest BCUT2D eigenvalue weighted by atomic mass is 16.5. The number of carbonyl (C=O) groups excluding carboxylic acids is 2. The van der Waals surface area contributed by atoms with Crippen molar-refractivity contribution in [3.05, 3.63) is 35.4 Å². The fraction of sp³-hybridized carbons (Fsp3) is 0.368. The second kappa shape index (κ2) is 9.59. The van der Waals surface area contributed by atoms with Crippen LogP contribution in [0.1, 0.15) is 29.8 Å². The van der Waals surface area contributed by atoms with Crippen molar-refractivity contribution in [3.63, 3.8) is 0 Å². The average Bonchev–Trinajstić information content (AvgIpc) is 2.61. The Morgan fingerprint density at radius 3 is 2.35 bits per heavy atom. The van der Waals surface area contributed by atoms with E-state index in [1.165, 1.54) is 33.1 Å². The van der Waals surface area contributed by atoms with Gasteiger partial charge in [-0.2, -0.15) is 0 Å². The van der Waals surface area contributed by atoms with E-state index in [1.54, 1.807) is 12.1 Å². The van der Waals surface area contributed by atoms with Gasteiger partial charge in [-0.1, -0.05) is 11.8 Å². The number of aliphatic hydroxyl groups excluding tert-OH is 2. The predicted molar refractivity (Wildman–Crippen MR) is 93.8 cm³/mol. The summed E-state index contributed by atoms with van der Waals surface area (Å²) < 4.78 is 4.60. The van der Waals surface area contributed by atoms with E-state index in [0.29, 0.717) is 5.56 Å². The molecule has 0 aliphatic rings. The molecule has 1 rings (SSSR count). The Balaban J connectivity index is 2.84. The van der Waals surface area contributed by atoms with Gasteiger partial charge in [0.25, 0.3) is 5.91 Å². The molecule has 0 spiro atoms. The molecular formula is C19H21NO6. The van der Waals surface area contributed by atoms with Crippen molar-refractivity contribution in [2.75, 3.05) is 13.7 Å². The van der Waals surface area contributed by atoms with Crippen LogP contribution < -0.4 is 5.32 Å². The lowest BCUT2D eigenvalue weighted by atomic mass is 9.98. The van der Waals surface area contributed by atoms with Gasteiger partial charge in [0.15, 0.2) is 6.04 Å². The number of hydrogen-bond donors (Lipinski definition) is 4. The van der Waals surface area contributed by atoms with Crippen LogP contribution in [0, 0.1) is 23.7 Å². The molecule has 0 aromatic heterocycles. The highest BCUT2D eigenvalue weighted by Crippen LogP contribution is 2.12. The van der Waals surface area contributed by atoms with Crippen LogP contribution in [0.15, 0.2) is 24.3 Å². The lowest BCUT2D eigenvalue weighted by molar-refractivity contribution is -0.148. The summed E-state index contributed by atoms with van der Waals surface area (Å²) in [4.78, 5) is 24.0. The minimum absolute atomic E-state index is 0.274. The van der Waals surface area contributed by atoms with E-state index in [-0.39, 0.29) is 5.56 Å². The molecule has 0 radical (unpaired) electrons. The van der Waals surface area contributed by atoms with Crippen LogP contribution in [0.4, 0.5) is 0 Å². The molecule has 0 aliphatic carbocycles. The molecule has 0 fully saturated rings. The summed E-state index contributed by atoms with van der Waals surface area (Å²) in [5, 5.41) is 30.1. The second-order valence-corrected chi connectivity index (χ2v) is 5.88. The van der Waals surface area contributed by atoms with E-state index in [0.717, 1.165) is 0 Å². The quantitative estimate of drug-likeness (QED) is 0.414. The first-order valence-corrected chi connectivity index (χ1v) is 7.70. The summed E-state index contributed by atoms with van der Waals surface area (Å²) in [7, 11) is 1.17. The first kappa shape index (κ1) is 21.2. The molecule has 2 atom stereocenters. The Hall–Kier alpha value is -2.84. The highest BCUT2D eigenvalue weighted by Gasteiger charge is 2.35. The van der Waals surface area contributed by atoms with Gasteiger partial charge in [0.2, 0.25) is 0 Å². The number of rotatable bonds is 5. The third-order valence-electron chi connectivity index (χ3n) is 3.25. The van der Waals surface area contributed by atoms with Crippen LogP contribution >= 0.6 is 0 Å². The van der Waals surface area contributed by atoms with Crippen molar-refractivity contribution in [1.82, 2.24) is 5.32 Å². The molecule has 1 amide bonds. The molecule has 0 saturated heterocycles. The van der Waals surface area contributed by atoms with Crippen molar-refractivity contribution < 1.29 is 29.6 Å². The van der Waals surface area contributed by atoms with Gasteiger partial charge in [0, 0.05) is 11.1 Å². The molecule has 0 bridgehead atoms. The molecule has 4 N–H and O–H groups in total. The number of aliphatic hydroxyl groups is 3. The van der Waals surface area contributed by atoms with Gasteiger partial charge in [0.05, 0.1) is 19.3 Å². The fourth-order valence-corrected chi connectivity index (χ4v) is 1.83. The van der Waals surface area contributed by atoms with E-state index < -0.39 is 36.2 Å². The van der Waals surface area contributed by atoms with Gasteiger partial charge in [0.1, 0.15) is 6.10 Å². The number of benzene rings is 1. The number of nitrogens with one attached hydrogen (secondary N) is 1. The molecule has 26 heavy (non-hydrogen) atoms. The number of esters is 1. The third-order valence-corrected chi connectivity index (χ3v) is 3.25. The summed E-state index contributed by atoms with van der Waals surface area (Å²) in [5.41, 5.74) is -0.636. The largest absolute Gasteiger partial charge is 0.467 e. The van der Waals surface area contributed by atoms with Crippen LogP contribution in [0.2, 0.25) is 0 Å². The lowest BCUT2D eigenvalue weighted by Gasteiger charge is -2.27.